The quantitative estimate of drug-likeness (QED) is 0.326. The van der Waals surface area contributed by atoms with E-state index in [-0.39, 0.29) is 30.0 Å². The number of aliphatic imine (C=N–C) groups is 1. The first-order valence-electron chi connectivity index (χ1n) is 8.01. The van der Waals surface area contributed by atoms with E-state index in [2.05, 4.69) is 50.6 Å². The molecule has 1 atom stereocenters. The Bertz CT molecular complexity index is 726. The number of nitrogens with zero attached hydrogens (tertiary/aromatic N) is 1. The lowest BCUT2D eigenvalue weighted by Gasteiger charge is -2.19. The zero-order valence-electron chi connectivity index (χ0n) is 15.4. The maximum Gasteiger partial charge on any atom is 0.191 e. The van der Waals surface area contributed by atoms with E-state index < -0.39 is 0 Å². The fraction of sp³-hybridized carbons (Fsp3) is 0.316. The zero-order valence-corrected chi connectivity index (χ0v) is 19.3. The van der Waals surface area contributed by atoms with Gasteiger partial charge in [0.05, 0.1) is 20.3 Å². The lowest BCUT2D eigenvalue weighted by Crippen LogP contribution is -2.38. The summed E-state index contributed by atoms with van der Waals surface area (Å²) in [5, 5.41) is 6.72. The van der Waals surface area contributed by atoms with Crippen LogP contribution in [0, 0.1) is 0 Å². The smallest absolute Gasteiger partial charge is 0.191 e. The number of halogens is 2. The van der Waals surface area contributed by atoms with Gasteiger partial charge in [-0.2, -0.15) is 0 Å². The van der Waals surface area contributed by atoms with Gasteiger partial charge in [0.2, 0.25) is 0 Å². The van der Waals surface area contributed by atoms with Crippen molar-refractivity contribution in [2.24, 2.45) is 4.99 Å². The van der Waals surface area contributed by atoms with Crippen LogP contribution >= 0.6 is 39.9 Å². The van der Waals surface area contributed by atoms with Crippen LogP contribution in [-0.4, -0.2) is 27.2 Å². The third kappa shape index (κ3) is 6.05. The van der Waals surface area contributed by atoms with Crippen LogP contribution in [0.4, 0.5) is 0 Å². The minimum Gasteiger partial charge on any atom is -0.493 e. The first-order chi connectivity index (χ1) is 12.1. The summed E-state index contributed by atoms with van der Waals surface area (Å²) in [5.41, 5.74) is 2.26. The molecule has 0 fully saturated rings. The summed E-state index contributed by atoms with van der Waals surface area (Å²) in [7, 11) is 5.01. The molecule has 142 valence electrons. The van der Waals surface area contributed by atoms with E-state index in [0.717, 1.165) is 16.0 Å². The Labute approximate surface area is 180 Å². The van der Waals surface area contributed by atoms with Crippen molar-refractivity contribution in [1.82, 2.24) is 10.6 Å². The van der Waals surface area contributed by atoms with E-state index in [0.29, 0.717) is 18.0 Å². The molecule has 0 aliphatic heterocycles. The highest BCUT2D eigenvalue weighted by Gasteiger charge is 2.11. The Kier molecular flexibility index (Phi) is 9.79. The molecule has 0 amide bonds. The molecule has 0 radical (unpaired) electrons. The minimum absolute atomic E-state index is 0. The van der Waals surface area contributed by atoms with Gasteiger partial charge in [-0.05, 0) is 30.2 Å². The first-order valence-corrected chi connectivity index (χ1v) is 8.80. The molecule has 0 spiro atoms. The van der Waals surface area contributed by atoms with Crippen molar-refractivity contribution in [2.75, 3.05) is 21.3 Å². The molecular formula is C19H25BrIN3O2. The minimum atomic E-state index is 0. The predicted molar refractivity (Wildman–Crippen MR) is 121 cm³/mol. The van der Waals surface area contributed by atoms with Crippen molar-refractivity contribution >= 4 is 45.9 Å². The van der Waals surface area contributed by atoms with Crippen LogP contribution in [0.2, 0.25) is 0 Å². The predicted octanol–water partition coefficient (Wildman–Crippen LogP) is 4.51. The molecule has 0 aliphatic rings. The molecule has 0 bridgehead atoms. The van der Waals surface area contributed by atoms with E-state index >= 15 is 0 Å². The Hall–Kier alpha value is -1.48. The normalized spacial score (nSPS) is 12.0. The van der Waals surface area contributed by atoms with Crippen LogP contribution in [0.5, 0.6) is 11.5 Å². The molecule has 0 heterocycles. The van der Waals surface area contributed by atoms with E-state index in [4.69, 9.17) is 9.47 Å². The summed E-state index contributed by atoms with van der Waals surface area (Å²) in [6, 6.07) is 14.3. The number of hydrogen-bond acceptors (Lipinski definition) is 3. The molecule has 1 unspecified atom stereocenters. The maximum absolute atomic E-state index is 5.37. The summed E-state index contributed by atoms with van der Waals surface area (Å²) in [4.78, 5) is 4.30. The summed E-state index contributed by atoms with van der Waals surface area (Å²) in [5.74, 6) is 2.12. The number of ether oxygens (including phenoxy) is 2. The molecule has 2 aromatic carbocycles. The molecule has 0 saturated heterocycles. The van der Waals surface area contributed by atoms with Crippen molar-refractivity contribution in [3.05, 3.63) is 58.1 Å². The average molecular weight is 534 g/mol. The Morgan fingerprint density at radius 3 is 2.31 bits per heavy atom. The van der Waals surface area contributed by atoms with Crippen molar-refractivity contribution in [3.8, 4) is 11.5 Å². The second-order valence-corrected chi connectivity index (χ2v) is 6.36. The third-order valence-corrected chi connectivity index (χ3v) is 4.61. The molecule has 0 saturated carbocycles. The molecule has 0 aliphatic carbocycles. The van der Waals surface area contributed by atoms with Crippen LogP contribution in [0.1, 0.15) is 24.1 Å². The fourth-order valence-corrected chi connectivity index (χ4v) is 2.90. The van der Waals surface area contributed by atoms with Crippen LogP contribution < -0.4 is 20.1 Å². The van der Waals surface area contributed by atoms with E-state index in [9.17, 15) is 0 Å². The lowest BCUT2D eigenvalue weighted by atomic mass is 10.1. The molecule has 0 aromatic heterocycles. The summed E-state index contributed by atoms with van der Waals surface area (Å²) in [6.07, 6.45) is 0. The molecular weight excluding hydrogens is 509 g/mol. The van der Waals surface area contributed by atoms with Gasteiger partial charge in [0.1, 0.15) is 0 Å². The molecule has 2 rings (SSSR count). The average Bonchev–Trinajstić information content (AvgIpc) is 2.66. The molecule has 2 N–H and O–H groups in total. The van der Waals surface area contributed by atoms with Gasteiger partial charge in [-0.1, -0.05) is 46.3 Å². The van der Waals surface area contributed by atoms with Crippen molar-refractivity contribution in [2.45, 2.75) is 19.5 Å². The monoisotopic (exact) mass is 533 g/mol. The van der Waals surface area contributed by atoms with Crippen LogP contribution in [0.15, 0.2) is 51.9 Å². The van der Waals surface area contributed by atoms with Gasteiger partial charge < -0.3 is 20.1 Å². The SMILES string of the molecule is CN=C(NCc1cc(OC)c(OC)cc1Br)NC(C)c1ccccc1.I. The fourth-order valence-electron chi connectivity index (χ4n) is 2.44. The highest BCUT2D eigenvalue weighted by Crippen LogP contribution is 2.33. The van der Waals surface area contributed by atoms with Gasteiger partial charge in [0.15, 0.2) is 17.5 Å². The first kappa shape index (κ1) is 22.6. The summed E-state index contributed by atoms with van der Waals surface area (Å²) in [6.45, 7) is 2.71. The molecule has 2 aromatic rings. The van der Waals surface area contributed by atoms with Gasteiger partial charge in [-0.15, -0.1) is 24.0 Å². The van der Waals surface area contributed by atoms with Gasteiger partial charge in [0.25, 0.3) is 0 Å². The standard InChI is InChI=1S/C19H24BrN3O2.HI/c1-13(14-8-6-5-7-9-14)23-19(21-2)22-12-15-10-17(24-3)18(25-4)11-16(15)20;/h5-11,13H,12H2,1-4H3,(H2,21,22,23);1H. The number of nitrogens with one attached hydrogen (secondary N) is 2. The number of methoxy groups -OCH3 is 2. The Morgan fingerprint density at radius 1 is 1.12 bits per heavy atom. The van der Waals surface area contributed by atoms with Gasteiger partial charge >= 0.3 is 0 Å². The second-order valence-electron chi connectivity index (χ2n) is 5.50. The molecule has 7 heteroatoms. The lowest BCUT2D eigenvalue weighted by molar-refractivity contribution is 0.354. The van der Waals surface area contributed by atoms with Gasteiger partial charge in [0, 0.05) is 18.1 Å². The van der Waals surface area contributed by atoms with Gasteiger partial charge in [-0.3, -0.25) is 4.99 Å². The Morgan fingerprint density at radius 2 is 1.73 bits per heavy atom. The number of guanidine groups is 1. The largest absolute Gasteiger partial charge is 0.493 e. The van der Waals surface area contributed by atoms with Crippen molar-refractivity contribution in [1.29, 1.82) is 0 Å². The number of hydrogen-bond donors (Lipinski definition) is 2. The highest BCUT2D eigenvalue weighted by molar-refractivity contribution is 14.0. The molecule has 5 nitrogen and oxygen atoms in total. The number of benzene rings is 2. The third-order valence-electron chi connectivity index (χ3n) is 3.88. The highest BCUT2D eigenvalue weighted by atomic mass is 127. The summed E-state index contributed by atoms with van der Waals surface area (Å²) < 4.78 is 11.6. The van der Waals surface area contributed by atoms with E-state index in [1.807, 2.05) is 30.3 Å². The van der Waals surface area contributed by atoms with Crippen molar-refractivity contribution < 1.29 is 9.47 Å². The van der Waals surface area contributed by atoms with Crippen LogP contribution in [0.3, 0.4) is 0 Å². The zero-order chi connectivity index (χ0) is 18.2. The van der Waals surface area contributed by atoms with Crippen LogP contribution in [0.25, 0.3) is 0 Å². The second kappa shape index (κ2) is 11.3. The molecule has 26 heavy (non-hydrogen) atoms. The van der Waals surface area contributed by atoms with Crippen molar-refractivity contribution in [3.63, 3.8) is 0 Å². The number of rotatable bonds is 6. The summed E-state index contributed by atoms with van der Waals surface area (Å²) >= 11 is 3.58. The van der Waals surface area contributed by atoms with E-state index in [1.165, 1.54) is 5.56 Å². The maximum atomic E-state index is 5.37. The topological polar surface area (TPSA) is 54.9 Å². The van der Waals surface area contributed by atoms with E-state index in [1.54, 1.807) is 21.3 Å². The van der Waals surface area contributed by atoms with Crippen LogP contribution in [-0.2, 0) is 6.54 Å². The van der Waals surface area contributed by atoms with Gasteiger partial charge in [-0.25, -0.2) is 0 Å². The Balaban J connectivity index is 0.00000338.